The maximum Gasteiger partial charge on any atom is 0.303 e. The van der Waals surface area contributed by atoms with Crippen molar-refractivity contribution in [3.05, 3.63) is 32.7 Å². The molecule has 0 bridgehead atoms. The third-order valence-corrected chi connectivity index (χ3v) is 2.54. The van der Waals surface area contributed by atoms with E-state index in [4.69, 9.17) is 5.11 Å². The molecule has 0 spiro atoms. The van der Waals surface area contributed by atoms with Gasteiger partial charge in [-0.05, 0) is 40.9 Å². The van der Waals surface area contributed by atoms with Gasteiger partial charge in [-0.2, -0.15) is 0 Å². The van der Waals surface area contributed by atoms with Crippen molar-refractivity contribution in [1.29, 1.82) is 0 Å². The van der Waals surface area contributed by atoms with Crippen LogP contribution in [0.4, 0.5) is 0 Å². The second-order valence-corrected chi connectivity index (χ2v) is 4.22. The summed E-state index contributed by atoms with van der Waals surface area (Å²) in [4.78, 5) is 21.9. The van der Waals surface area contributed by atoms with E-state index in [2.05, 4.69) is 15.9 Å². The van der Waals surface area contributed by atoms with Crippen molar-refractivity contribution in [1.82, 2.24) is 4.57 Å². The number of nitrogens with zero attached hydrogens (tertiary/aromatic N) is 1. The second-order valence-electron chi connectivity index (χ2n) is 3.36. The van der Waals surface area contributed by atoms with E-state index in [-0.39, 0.29) is 12.0 Å². The minimum atomic E-state index is -0.838. The van der Waals surface area contributed by atoms with Crippen molar-refractivity contribution >= 4 is 21.9 Å². The summed E-state index contributed by atoms with van der Waals surface area (Å²) in [7, 11) is 0. The molecular formula is C10H12BrNO3. The van der Waals surface area contributed by atoms with Gasteiger partial charge in [0, 0.05) is 19.2 Å². The van der Waals surface area contributed by atoms with Crippen LogP contribution in [-0.2, 0) is 11.3 Å². The Morgan fingerprint density at radius 2 is 2.27 bits per heavy atom. The zero-order valence-corrected chi connectivity index (χ0v) is 9.95. The monoisotopic (exact) mass is 273 g/mol. The van der Waals surface area contributed by atoms with Crippen LogP contribution in [0, 0.1) is 6.92 Å². The highest BCUT2D eigenvalue weighted by atomic mass is 79.9. The van der Waals surface area contributed by atoms with E-state index in [1.165, 1.54) is 4.57 Å². The van der Waals surface area contributed by atoms with Crippen LogP contribution in [0.5, 0.6) is 0 Å². The third-order valence-electron chi connectivity index (χ3n) is 1.97. The van der Waals surface area contributed by atoms with Crippen LogP contribution in [0.3, 0.4) is 0 Å². The molecule has 0 saturated carbocycles. The lowest BCUT2D eigenvalue weighted by Gasteiger charge is -2.06. The molecule has 0 aliphatic carbocycles. The van der Waals surface area contributed by atoms with E-state index < -0.39 is 5.97 Å². The summed E-state index contributed by atoms with van der Waals surface area (Å²) in [5.41, 5.74) is 0.850. The molecule has 5 heteroatoms. The number of hydrogen-bond acceptors (Lipinski definition) is 2. The molecule has 0 aliphatic rings. The van der Waals surface area contributed by atoms with E-state index in [9.17, 15) is 9.59 Å². The first-order valence-corrected chi connectivity index (χ1v) is 5.38. The van der Waals surface area contributed by atoms with Gasteiger partial charge in [0.25, 0.3) is 5.56 Å². The Bertz CT molecular complexity index is 425. The fourth-order valence-corrected chi connectivity index (χ4v) is 1.90. The molecule has 1 rings (SSSR count). The Morgan fingerprint density at radius 3 is 2.87 bits per heavy atom. The van der Waals surface area contributed by atoms with Crippen LogP contribution in [0.1, 0.15) is 18.4 Å². The Balaban J connectivity index is 2.77. The van der Waals surface area contributed by atoms with Crippen molar-refractivity contribution in [2.75, 3.05) is 0 Å². The first kappa shape index (κ1) is 12.0. The zero-order valence-electron chi connectivity index (χ0n) is 8.36. The summed E-state index contributed by atoms with van der Waals surface area (Å²) in [6, 6.07) is 1.75. The van der Waals surface area contributed by atoms with E-state index in [0.29, 0.717) is 17.4 Å². The SMILES string of the molecule is Cc1cc(Br)c(=O)n(CCCC(=O)O)c1. The van der Waals surface area contributed by atoms with E-state index in [1.54, 1.807) is 12.3 Å². The van der Waals surface area contributed by atoms with Crippen molar-refractivity contribution in [3.63, 3.8) is 0 Å². The molecule has 0 amide bonds. The molecule has 1 N–H and O–H groups in total. The van der Waals surface area contributed by atoms with Crippen LogP contribution in [-0.4, -0.2) is 15.6 Å². The number of pyridine rings is 1. The lowest BCUT2D eigenvalue weighted by molar-refractivity contribution is -0.137. The number of aromatic nitrogens is 1. The molecule has 82 valence electrons. The third kappa shape index (κ3) is 3.51. The summed E-state index contributed by atoms with van der Waals surface area (Å²) in [5.74, 6) is -0.838. The lowest BCUT2D eigenvalue weighted by atomic mass is 10.3. The fourth-order valence-electron chi connectivity index (χ4n) is 1.31. The molecule has 0 aliphatic heterocycles. The highest BCUT2D eigenvalue weighted by Crippen LogP contribution is 2.06. The summed E-state index contributed by atoms with van der Waals surface area (Å²) < 4.78 is 2.04. The minimum Gasteiger partial charge on any atom is -0.481 e. The summed E-state index contributed by atoms with van der Waals surface area (Å²) in [6.45, 7) is 2.32. The number of rotatable bonds is 4. The Kier molecular flexibility index (Phi) is 4.08. The van der Waals surface area contributed by atoms with Crippen LogP contribution in [0.2, 0.25) is 0 Å². The van der Waals surface area contributed by atoms with Gasteiger partial charge in [-0.15, -0.1) is 0 Å². The van der Waals surface area contributed by atoms with E-state index in [0.717, 1.165) is 5.56 Å². The quantitative estimate of drug-likeness (QED) is 0.910. The normalized spacial score (nSPS) is 10.3. The summed E-state index contributed by atoms with van der Waals surface area (Å²) in [5, 5.41) is 8.47. The fraction of sp³-hybridized carbons (Fsp3) is 0.400. The number of carboxylic acids is 1. The van der Waals surface area contributed by atoms with Crippen LogP contribution < -0.4 is 5.56 Å². The maximum atomic E-state index is 11.6. The van der Waals surface area contributed by atoms with Crippen molar-refractivity contribution in [3.8, 4) is 0 Å². The topological polar surface area (TPSA) is 59.3 Å². The van der Waals surface area contributed by atoms with Crippen LogP contribution >= 0.6 is 15.9 Å². The summed E-state index contributed by atoms with van der Waals surface area (Å²) >= 11 is 3.17. The molecule has 1 heterocycles. The molecule has 4 nitrogen and oxygen atoms in total. The predicted molar refractivity (Wildman–Crippen MR) is 60.0 cm³/mol. The zero-order chi connectivity index (χ0) is 11.4. The molecule has 1 aromatic rings. The first-order valence-electron chi connectivity index (χ1n) is 4.59. The molecule has 1 aromatic heterocycles. The number of halogens is 1. The summed E-state index contributed by atoms with van der Waals surface area (Å²) in [6.07, 6.45) is 2.28. The molecule has 0 saturated heterocycles. The molecule has 0 fully saturated rings. The lowest BCUT2D eigenvalue weighted by Crippen LogP contribution is -2.21. The van der Waals surface area contributed by atoms with Gasteiger partial charge in [-0.1, -0.05) is 0 Å². The van der Waals surface area contributed by atoms with Gasteiger partial charge in [0.2, 0.25) is 0 Å². The standard InChI is InChI=1S/C10H12BrNO3/c1-7-5-8(11)10(15)12(6-7)4-2-3-9(13)14/h5-6H,2-4H2,1H3,(H,13,14). The molecule has 0 radical (unpaired) electrons. The number of aliphatic carboxylic acids is 1. The number of carboxylic acid groups (broad SMARTS) is 1. The molecular weight excluding hydrogens is 262 g/mol. The highest BCUT2D eigenvalue weighted by Gasteiger charge is 2.03. The van der Waals surface area contributed by atoms with Crippen molar-refractivity contribution < 1.29 is 9.90 Å². The van der Waals surface area contributed by atoms with E-state index >= 15 is 0 Å². The maximum absolute atomic E-state index is 11.6. The first-order chi connectivity index (χ1) is 7.00. The van der Waals surface area contributed by atoms with Gasteiger partial charge in [-0.3, -0.25) is 9.59 Å². The Labute approximate surface area is 95.7 Å². The number of aryl methyl sites for hydroxylation is 2. The largest absolute Gasteiger partial charge is 0.481 e. The van der Waals surface area contributed by atoms with Gasteiger partial charge in [-0.25, -0.2) is 0 Å². The minimum absolute atomic E-state index is 0.0814. The number of hydrogen-bond donors (Lipinski definition) is 1. The van der Waals surface area contributed by atoms with Crippen molar-refractivity contribution in [2.24, 2.45) is 0 Å². The average Bonchev–Trinajstić information content (AvgIpc) is 2.12. The van der Waals surface area contributed by atoms with Gasteiger partial charge in [0.05, 0.1) is 4.47 Å². The van der Waals surface area contributed by atoms with E-state index in [1.807, 2.05) is 6.92 Å². The molecule has 15 heavy (non-hydrogen) atoms. The van der Waals surface area contributed by atoms with Gasteiger partial charge in [0.15, 0.2) is 0 Å². The van der Waals surface area contributed by atoms with Crippen LogP contribution in [0.15, 0.2) is 21.5 Å². The Morgan fingerprint density at radius 1 is 1.60 bits per heavy atom. The smallest absolute Gasteiger partial charge is 0.303 e. The van der Waals surface area contributed by atoms with Gasteiger partial charge < -0.3 is 9.67 Å². The van der Waals surface area contributed by atoms with Gasteiger partial charge in [0.1, 0.15) is 0 Å². The molecule has 0 atom stereocenters. The number of carbonyl (C=O) groups is 1. The molecule has 0 aromatic carbocycles. The second kappa shape index (κ2) is 5.11. The molecule has 0 unspecified atom stereocenters. The Hall–Kier alpha value is -1.10. The average molecular weight is 274 g/mol. The van der Waals surface area contributed by atoms with Crippen molar-refractivity contribution in [2.45, 2.75) is 26.3 Å². The highest BCUT2D eigenvalue weighted by molar-refractivity contribution is 9.10. The van der Waals surface area contributed by atoms with Crippen LogP contribution in [0.25, 0.3) is 0 Å². The predicted octanol–water partition coefficient (Wildman–Crippen LogP) is 1.78. The van der Waals surface area contributed by atoms with Gasteiger partial charge >= 0.3 is 5.97 Å².